The molecule has 1 saturated heterocycles. The molecule has 1 aromatic carbocycles. The van der Waals surface area contributed by atoms with Gasteiger partial charge in [0.2, 0.25) is 5.91 Å². The zero-order valence-corrected chi connectivity index (χ0v) is 14.8. The number of pyridine rings is 1. The third kappa shape index (κ3) is 5.71. The molecular weight excluding hydrogens is 375 g/mol. The molecule has 1 amide bonds. The van der Waals surface area contributed by atoms with Crippen LogP contribution < -0.4 is 15.0 Å². The van der Waals surface area contributed by atoms with Gasteiger partial charge in [0.05, 0.1) is 25.1 Å². The Morgan fingerprint density at radius 2 is 1.93 bits per heavy atom. The number of alkyl halides is 3. The number of ether oxygens (including phenoxy) is 2. The highest BCUT2D eigenvalue weighted by molar-refractivity contribution is 6.01. The quantitative estimate of drug-likeness (QED) is 0.789. The van der Waals surface area contributed by atoms with Gasteiger partial charge in [0, 0.05) is 24.7 Å². The van der Waals surface area contributed by atoms with Crippen LogP contribution in [0.15, 0.2) is 48.7 Å². The fourth-order valence-electron chi connectivity index (χ4n) is 2.64. The normalized spacial score (nSPS) is 14.9. The van der Waals surface area contributed by atoms with E-state index in [1.807, 2.05) is 6.07 Å². The van der Waals surface area contributed by atoms with Gasteiger partial charge in [-0.15, -0.1) is 13.2 Å². The molecule has 1 aliphatic rings. The van der Waals surface area contributed by atoms with Crippen LogP contribution in [0.25, 0.3) is 6.08 Å². The summed E-state index contributed by atoms with van der Waals surface area (Å²) in [6, 6.07) is 9.06. The number of halogens is 3. The molecule has 28 heavy (non-hydrogen) atoms. The Hall–Kier alpha value is -3.07. The Morgan fingerprint density at radius 3 is 2.61 bits per heavy atom. The van der Waals surface area contributed by atoms with E-state index in [-0.39, 0.29) is 11.3 Å². The van der Waals surface area contributed by atoms with Crippen molar-refractivity contribution in [2.24, 2.45) is 0 Å². The Bertz CT molecular complexity index is 832. The Kier molecular flexibility index (Phi) is 6.15. The molecule has 1 fully saturated rings. The van der Waals surface area contributed by atoms with Crippen molar-refractivity contribution < 1.29 is 27.4 Å². The number of rotatable bonds is 5. The number of hydrogen-bond donors (Lipinski definition) is 1. The number of para-hydroxylation sites is 1. The number of amides is 1. The predicted octanol–water partition coefficient (Wildman–Crippen LogP) is 3.47. The van der Waals surface area contributed by atoms with E-state index in [4.69, 9.17) is 4.74 Å². The summed E-state index contributed by atoms with van der Waals surface area (Å²) in [6.45, 7) is 2.86. The van der Waals surface area contributed by atoms with Gasteiger partial charge in [0.25, 0.3) is 0 Å². The third-order valence-electron chi connectivity index (χ3n) is 3.93. The summed E-state index contributed by atoms with van der Waals surface area (Å²) in [4.78, 5) is 18.4. The average molecular weight is 393 g/mol. The molecule has 0 bridgehead atoms. The highest BCUT2D eigenvalue weighted by atomic mass is 19.4. The first kappa shape index (κ1) is 19.7. The monoisotopic (exact) mass is 393 g/mol. The van der Waals surface area contributed by atoms with E-state index in [0.717, 1.165) is 24.9 Å². The molecular formula is C19H18F3N3O3. The molecule has 3 rings (SSSR count). The van der Waals surface area contributed by atoms with E-state index in [0.29, 0.717) is 19.0 Å². The van der Waals surface area contributed by atoms with Gasteiger partial charge >= 0.3 is 6.36 Å². The Labute approximate surface area is 159 Å². The number of carbonyl (C=O) groups is 1. The second-order valence-electron chi connectivity index (χ2n) is 5.91. The summed E-state index contributed by atoms with van der Waals surface area (Å²) in [6.07, 6.45) is -0.788. The van der Waals surface area contributed by atoms with E-state index in [1.54, 1.807) is 18.3 Å². The number of carbonyl (C=O) groups excluding carboxylic acids is 1. The van der Waals surface area contributed by atoms with Crippen LogP contribution >= 0.6 is 0 Å². The SMILES string of the molecule is O=C(/C=C/c1ccccc1OC(F)(F)F)Nc1ccc(N2CCOCC2)cn1. The van der Waals surface area contributed by atoms with E-state index >= 15 is 0 Å². The van der Waals surface area contributed by atoms with E-state index < -0.39 is 12.3 Å². The van der Waals surface area contributed by atoms with Gasteiger partial charge in [-0.05, 0) is 24.3 Å². The highest BCUT2D eigenvalue weighted by Gasteiger charge is 2.31. The largest absolute Gasteiger partial charge is 0.573 e. The van der Waals surface area contributed by atoms with E-state index in [9.17, 15) is 18.0 Å². The van der Waals surface area contributed by atoms with Crippen molar-refractivity contribution >= 4 is 23.5 Å². The summed E-state index contributed by atoms with van der Waals surface area (Å²) in [5.74, 6) is -0.563. The summed E-state index contributed by atoms with van der Waals surface area (Å²) >= 11 is 0. The smallest absolute Gasteiger partial charge is 0.405 e. The standard InChI is InChI=1S/C19H18F3N3O3/c20-19(21,22)28-16-4-2-1-3-14(16)5-8-18(26)24-17-7-6-15(13-23-17)25-9-11-27-12-10-25/h1-8,13H,9-12H2,(H,23,24,26)/b8-5+. The van der Waals surface area contributed by atoms with Crippen molar-refractivity contribution in [3.8, 4) is 5.75 Å². The fourth-order valence-corrected chi connectivity index (χ4v) is 2.64. The molecule has 1 N–H and O–H groups in total. The average Bonchev–Trinajstić information content (AvgIpc) is 2.67. The molecule has 9 heteroatoms. The van der Waals surface area contributed by atoms with Crippen LogP contribution in [0.3, 0.4) is 0 Å². The predicted molar refractivity (Wildman–Crippen MR) is 98.1 cm³/mol. The lowest BCUT2D eigenvalue weighted by Crippen LogP contribution is -2.36. The molecule has 148 valence electrons. The topological polar surface area (TPSA) is 63.7 Å². The Balaban J connectivity index is 1.61. The number of nitrogens with one attached hydrogen (secondary N) is 1. The molecule has 2 heterocycles. The number of morpholine rings is 1. The lowest BCUT2D eigenvalue weighted by molar-refractivity contribution is -0.274. The number of benzene rings is 1. The van der Waals surface area contributed by atoms with Crippen molar-refractivity contribution in [2.45, 2.75) is 6.36 Å². The fraction of sp³-hybridized carbons (Fsp3) is 0.263. The molecule has 0 atom stereocenters. The van der Waals surface area contributed by atoms with Crippen molar-refractivity contribution in [3.63, 3.8) is 0 Å². The summed E-state index contributed by atoms with van der Waals surface area (Å²) in [7, 11) is 0. The van der Waals surface area contributed by atoms with Crippen LogP contribution in [-0.2, 0) is 9.53 Å². The molecule has 0 saturated carbocycles. The third-order valence-corrected chi connectivity index (χ3v) is 3.93. The minimum atomic E-state index is -4.81. The van der Waals surface area contributed by atoms with Gasteiger partial charge in [0.1, 0.15) is 11.6 Å². The molecule has 1 aromatic heterocycles. The van der Waals surface area contributed by atoms with Crippen molar-refractivity contribution in [1.82, 2.24) is 4.98 Å². The first-order chi connectivity index (χ1) is 13.4. The minimum absolute atomic E-state index is 0.130. The van der Waals surface area contributed by atoms with Crippen LogP contribution in [0.1, 0.15) is 5.56 Å². The van der Waals surface area contributed by atoms with Gasteiger partial charge in [-0.3, -0.25) is 4.79 Å². The molecule has 6 nitrogen and oxygen atoms in total. The first-order valence-electron chi connectivity index (χ1n) is 8.53. The second kappa shape index (κ2) is 8.75. The van der Waals surface area contributed by atoms with E-state index in [2.05, 4.69) is 19.9 Å². The maximum Gasteiger partial charge on any atom is 0.573 e. The van der Waals surface area contributed by atoms with Gasteiger partial charge in [-0.1, -0.05) is 18.2 Å². The van der Waals surface area contributed by atoms with Gasteiger partial charge in [0.15, 0.2) is 0 Å². The van der Waals surface area contributed by atoms with Crippen LogP contribution in [0.4, 0.5) is 24.7 Å². The molecule has 0 aliphatic carbocycles. The number of anilines is 2. The number of nitrogens with zero attached hydrogens (tertiary/aromatic N) is 2. The first-order valence-corrected chi connectivity index (χ1v) is 8.53. The number of aromatic nitrogens is 1. The van der Waals surface area contributed by atoms with Gasteiger partial charge < -0.3 is 19.7 Å². The van der Waals surface area contributed by atoms with Crippen molar-refractivity contribution in [2.75, 3.05) is 36.5 Å². The minimum Gasteiger partial charge on any atom is -0.405 e. The van der Waals surface area contributed by atoms with Crippen LogP contribution in [0, 0.1) is 0 Å². The zero-order valence-electron chi connectivity index (χ0n) is 14.8. The molecule has 0 radical (unpaired) electrons. The van der Waals surface area contributed by atoms with Crippen LogP contribution in [0.2, 0.25) is 0 Å². The number of hydrogen-bond acceptors (Lipinski definition) is 5. The zero-order chi connectivity index (χ0) is 20.0. The van der Waals surface area contributed by atoms with Crippen molar-refractivity contribution in [3.05, 3.63) is 54.2 Å². The summed E-state index contributed by atoms with van der Waals surface area (Å²) < 4.78 is 46.5. The Morgan fingerprint density at radius 1 is 1.18 bits per heavy atom. The molecule has 1 aliphatic heterocycles. The van der Waals surface area contributed by atoms with Gasteiger partial charge in [-0.25, -0.2) is 4.98 Å². The molecule has 2 aromatic rings. The lowest BCUT2D eigenvalue weighted by Gasteiger charge is -2.28. The van der Waals surface area contributed by atoms with Crippen molar-refractivity contribution in [1.29, 1.82) is 0 Å². The van der Waals surface area contributed by atoms with E-state index in [1.165, 1.54) is 24.3 Å². The van der Waals surface area contributed by atoms with Gasteiger partial charge in [-0.2, -0.15) is 0 Å². The van der Waals surface area contributed by atoms with Crippen LogP contribution in [0.5, 0.6) is 5.75 Å². The maximum atomic E-state index is 12.4. The molecule has 0 spiro atoms. The maximum absolute atomic E-state index is 12.4. The lowest BCUT2D eigenvalue weighted by atomic mass is 10.2. The summed E-state index contributed by atoms with van der Waals surface area (Å²) in [5, 5.41) is 2.57. The highest BCUT2D eigenvalue weighted by Crippen LogP contribution is 2.27. The second-order valence-corrected chi connectivity index (χ2v) is 5.91. The van der Waals surface area contributed by atoms with Crippen LogP contribution in [-0.4, -0.2) is 43.6 Å². The molecule has 0 unspecified atom stereocenters. The summed E-state index contributed by atoms with van der Waals surface area (Å²) in [5.41, 5.74) is 1.06.